The van der Waals surface area contributed by atoms with Gasteiger partial charge in [-0.25, -0.2) is 4.39 Å². The van der Waals surface area contributed by atoms with Crippen LogP contribution in [0.4, 0.5) is 15.8 Å². The fourth-order valence-corrected chi connectivity index (χ4v) is 6.60. The van der Waals surface area contributed by atoms with Crippen molar-refractivity contribution in [3.05, 3.63) is 96.4 Å². The second-order valence-electron chi connectivity index (χ2n) is 14.3. The van der Waals surface area contributed by atoms with Crippen molar-refractivity contribution in [3.8, 4) is 22.4 Å². The van der Waals surface area contributed by atoms with Crippen molar-refractivity contribution in [2.24, 2.45) is 0 Å². The first-order valence-corrected chi connectivity index (χ1v) is 17.0. The average Bonchev–Trinajstić information content (AvgIpc) is 3.34. The molecule has 0 aliphatic carbocycles. The Balaban J connectivity index is 1.53. The minimum absolute atomic E-state index is 0.152. The van der Waals surface area contributed by atoms with Gasteiger partial charge < -0.3 is 29.4 Å². The van der Waals surface area contributed by atoms with E-state index >= 15 is 0 Å². The fraction of sp³-hybridized carbons (Fsp3) is 0.425. The molecule has 4 aromatic rings. The monoisotopic (exact) mass is 655 g/mol. The van der Waals surface area contributed by atoms with Crippen LogP contribution in [-0.4, -0.2) is 40.8 Å². The van der Waals surface area contributed by atoms with Gasteiger partial charge in [-0.3, -0.25) is 4.79 Å². The van der Waals surface area contributed by atoms with Crippen LogP contribution in [0.3, 0.4) is 0 Å². The molecule has 2 atom stereocenters. The highest BCUT2D eigenvalue weighted by Gasteiger charge is 2.37. The van der Waals surface area contributed by atoms with Gasteiger partial charge >= 0.3 is 5.97 Å². The van der Waals surface area contributed by atoms with Gasteiger partial charge in [-0.2, -0.15) is 0 Å². The van der Waals surface area contributed by atoms with Gasteiger partial charge in [0.2, 0.25) is 0 Å². The number of nitrogens with one attached hydrogen (secondary N) is 2. The molecular weight excluding hydrogens is 605 g/mol. The summed E-state index contributed by atoms with van der Waals surface area (Å²) in [6, 6.07) is 27.2. The molecule has 0 spiro atoms. The SMILES string of the molecule is CC(C)c1c(-c2ccccc2)c(NCNc2ccccc2)c(-c2ccc(F)cc2)n1CC[C@@H]1C[C@H](CC(=O)OC(C)(C)C)OC(C)(C)O1. The van der Waals surface area contributed by atoms with Gasteiger partial charge in [-0.05, 0) is 88.9 Å². The number of esters is 1. The van der Waals surface area contributed by atoms with Crippen LogP contribution < -0.4 is 10.6 Å². The molecule has 2 heterocycles. The van der Waals surface area contributed by atoms with Crippen molar-refractivity contribution in [2.45, 2.75) is 104 Å². The highest BCUT2D eigenvalue weighted by molar-refractivity contribution is 5.92. The predicted molar refractivity (Wildman–Crippen MR) is 191 cm³/mol. The van der Waals surface area contributed by atoms with Crippen molar-refractivity contribution in [1.29, 1.82) is 0 Å². The zero-order valence-corrected chi connectivity index (χ0v) is 29.3. The van der Waals surface area contributed by atoms with E-state index in [1.54, 1.807) is 0 Å². The largest absolute Gasteiger partial charge is 0.460 e. The van der Waals surface area contributed by atoms with E-state index in [4.69, 9.17) is 14.2 Å². The molecule has 3 aromatic carbocycles. The molecule has 7 nitrogen and oxygen atoms in total. The van der Waals surface area contributed by atoms with Gasteiger partial charge in [0, 0.05) is 35.5 Å². The van der Waals surface area contributed by atoms with Crippen molar-refractivity contribution < 1.29 is 23.4 Å². The summed E-state index contributed by atoms with van der Waals surface area (Å²) in [7, 11) is 0. The lowest BCUT2D eigenvalue weighted by atomic mass is 9.97. The third-order valence-electron chi connectivity index (χ3n) is 8.28. The molecule has 0 saturated carbocycles. The van der Waals surface area contributed by atoms with Crippen LogP contribution in [0.2, 0.25) is 0 Å². The number of rotatable bonds is 12. The van der Waals surface area contributed by atoms with Crippen LogP contribution in [0, 0.1) is 5.82 Å². The van der Waals surface area contributed by atoms with Crippen LogP contribution in [0.1, 0.15) is 79.3 Å². The molecule has 8 heteroatoms. The van der Waals surface area contributed by atoms with Gasteiger partial charge in [-0.15, -0.1) is 0 Å². The van der Waals surface area contributed by atoms with E-state index in [2.05, 4.69) is 53.3 Å². The Morgan fingerprint density at radius 2 is 1.54 bits per heavy atom. The molecule has 1 fully saturated rings. The van der Waals surface area contributed by atoms with Crippen molar-refractivity contribution in [1.82, 2.24) is 4.57 Å². The van der Waals surface area contributed by atoms with E-state index in [-0.39, 0.29) is 36.3 Å². The lowest BCUT2D eigenvalue weighted by Crippen LogP contribution is -2.46. The van der Waals surface area contributed by atoms with Crippen LogP contribution in [0.5, 0.6) is 0 Å². The number of hydrogen-bond donors (Lipinski definition) is 2. The van der Waals surface area contributed by atoms with Crippen molar-refractivity contribution in [3.63, 3.8) is 0 Å². The molecule has 2 N–H and O–H groups in total. The third-order valence-corrected chi connectivity index (χ3v) is 8.28. The van der Waals surface area contributed by atoms with Crippen LogP contribution in [0.25, 0.3) is 22.4 Å². The zero-order valence-electron chi connectivity index (χ0n) is 29.3. The number of para-hydroxylation sites is 1. The number of carbonyl (C=O) groups excluding carboxylic acids is 1. The summed E-state index contributed by atoms with van der Waals surface area (Å²) in [6.07, 6.45) is 0.963. The number of anilines is 2. The Morgan fingerprint density at radius 1 is 0.917 bits per heavy atom. The first kappa shape index (κ1) is 35.2. The lowest BCUT2D eigenvalue weighted by Gasteiger charge is -2.41. The number of halogens is 1. The summed E-state index contributed by atoms with van der Waals surface area (Å²) in [6.45, 7) is 15.0. The molecular formula is C40H50FN3O4. The molecule has 1 aliphatic rings. The lowest BCUT2D eigenvalue weighted by molar-refractivity contribution is -0.301. The molecule has 256 valence electrons. The van der Waals surface area contributed by atoms with Crippen LogP contribution in [-0.2, 0) is 25.5 Å². The molecule has 5 rings (SSSR count). The van der Waals surface area contributed by atoms with E-state index in [1.165, 1.54) is 17.8 Å². The Bertz CT molecular complexity index is 1640. The minimum Gasteiger partial charge on any atom is -0.460 e. The number of carbonyl (C=O) groups is 1. The quantitative estimate of drug-likeness (QED) is 0.117. The molecule has 0 radical (unpaired) electrons. The van der Waals surface area contributed by atoms with Crippen molar-refractivity contribution in [2.75, 3.05) is 17.3 Å². The zero-order chi connectivity index (χ0) is 34.5. The summed E-state index contributed by atoms with van der Waals surface area (Å²) < 4.78 is 34.9. The van der Waals surface area contributed by atoms with Gasteiger partial charge in [0.15, 0.2) is 5.79 Å². The standard InChI is InChI=1S/C40H50FN3O4/c1-27(2)37-35(28-14-10-8-11-15-28)36(43-26-42-31-16-12-9-13-17-31)38(29-18-20-30(41)21-19-29)44(37)23-22-32-24-33(47-40(6,7)46-32)25-34(45)48-39(3,4)5/h8-21,27,32-33,42-43H,22-26H2,1-7H3/t32-,33-/m1/s1. The maximum atomic E-state index is 14.3. The maximum Gasteiger partial charge on any atom is 0.308 e. The van der Waals surface area contributed by atoms with E-state index in [0.717, 1.165) is 33.8 Å². The Morgan fingerprint density at radius 3 is 2.17 bits per heavy atom. The number of aromatic nitrogens is 1. The second kappa shape index (κ2) is 15.0. The number of ether oxygens (including phenoxy) is 3. The molecule has 0 bridgehead atoms. The summed E-state index contributed by atoms with van der Waals surface area (Å²) in [4.78, 5) is 12.7. The number of benzene rings is 3. The summed E-state index contributed by atoms with van der Waals surface area (Å²) in [5, 5.41) is 7.22. The average molecular weight is 656 g/mol. The number of nitrogens with zero attached hydrogens (tertiary/aromatic N) is 1. The van der Waals surface area contributed by atoms with Gasteiger partial charge in [0.25, 0.3) is 0 Å². The van der Waals surface area contributed by atoms with Gasteiger partial charge in [0.1, 0.15) is 11.4 Å². The first-order chi connectivity index (χ1) is 22.8. The first-order valence-electron chi connectivity index (χ1n) is 17.0. The smallest absolute Gasteiger partial charge is 0.308 e. The summed E-state index contributed by atoms with van der Waals surface area (Å²) in [5.41, 5.74) is 6.74. The minimum atomic E-state index is -0.849. The Kier molecular flexibility index (Phi) is 11.0. The fourth-order valence-electron chi connectivity index (χ4n) is 6.60. The van der Waals surface area contributed by atoms with E-state index in [0.29, 0.717) is 26.1 Å². The Hall–Kier alpha value is -4.14. The van der Waals surface area contributed by atoms with E-state index < -0.39 is 11.4 Å². The summed E-state index contributed by atoms with van der Waals surface area (Å²) in [5.74, 6) is -1.23. The highest BCUT2D eigenvalue weighted by atomic mass is 19.1. The molecule has 0 amide bonds. The van der Waals surface area contributed by atoms with E-state index in [1.807, 2.05) is 83.1 Å². The van der Waals surface area contributed by atoms with Crippen LogP contribution >= 0.6 is 0 Å². The molecule has 1 aliphatic heterocycles. The van der Waals surface area contributed by atoms with Gasteiger partial charge in [0.05, 0.1) is 36.7 Å². The molecule has 0 unspecified atom stereocenters. The highest BCUT2D eigenvalue weighted by Crippen LogP contribution is 2.46. The predicted octanol–water partition coefficient (Wildman–Crippen LogP) is 9.60. The van der Waals surface area contributed by atoms with Crippen molar-refractivity contribution >= 4 is 17.3 Å². The van der Waals surface area contributed by atoms with Crippen LogP contribution in [0.15, 0.2) is 84.9 Å². The molecule has 48 heavy (non-hydrogen) atoms. The summed E-state index contributed by atoms with van der Waals surface area (Å²) >= 11 is 0. The Labute approximate surface area is 284 Å². The third kappa shape index (κ3) is 9.05. The van der Waals surface area contributed by atoms with Gasteiger partial charge in [-0.1, -0.05) is 62.4 Å². The molecule has 1 saturated heterocycles. The second-order valence-corrected chi connectivity index (χ2v) is 14.3. The number of hydrogen-bond acceptors (Lipinski definition) is 6. The normalized spacial score (nSPS) is 17.7. The topological polar surface area (TPSA) is 73.8 Å². The van der Waals surface area contributed by atoms with E-state index in [9.17, 15) is 9.18 Å². The molecule has 1 aromatic heterocycles. The maximum absolute atomic E-state index is 14.3.